The maximum atomic E-state index is 13.2. The monoisotopic (exact) mass is 327 g/mol. The molecule has 2 aliphatic carbocycles. The molecule has 0 aromatic heterocycles. The van der Waals surface area contributed by atoms with Crippen LogP contribution in [0.4, 0.5) is 0 Å². The molecule has 0 amide bonds. The maximum Gasteiger partial charge on any atom is 0.173 e. The van der Waals surface area contributed by atoms with Crippen molar-refractivity contribution in [1.82, 2.24) is 0 Å². The lowest BCUT2D eigenvalue weighted by molar-refractivity contribution is -0.116. The van der Waals surface area contributed by atoms with Crippen molar-refractivity contribution in [2.45, 2.75) is 25.2 Å². The summed E-state index contributed by atoms with van der Waals surface area (Å²) in [6.45, 7) is 0. The van der Waals surface area contributed by atoms with Gasteiger partial charge in [-0.1, -0.05) is 54.6 Å². The fourth-order valence-corrected chi connectivity index (χ4v) is 4.47. The normalized spacial score (nSPS) is 24.6. The summed E-state index contributed by atoms with van der Waals surface area (Å²) in [5, 5.41) is 0. The number of fused-ring (bicyclic) bond motifs is 3. The number of carbonyl (C=O) groups is 2. The van der Waals surface area contributed by atoms with Crippen LogP contribution in [-0.2, 0) is 4.79 Å². The first kappa shape index (κ1) is 14.5. The summed E-state index contributed by atoms with van der Waals surface area (Å²) in [7, 11) is 0. The third-order valence-corrected chi connectivity index (χ3v) is 5.53. The Bertz CT molecular complexity index is 969. The molecule has 2 atom stereocenters. The van der Waals surface area contributed by atoms with Gasteiger partial charge in [0.05, 0.1) is 11.6 Å². The highest BCUT2D eigenvalue weighted by atomic mass is 16.1. The summed E-state index contributed by atoms with van der Waals surface area (Å²) in [5.74, 6) is -0.341. The first-order valence-corrected chi connectivity index (χ1v) is 8.79. The Morgan fingerprint density at radius 2 is 1.52 bits per heavy atom. The highest BCUT2D eigenvalue weighted by molar-refractivity contribution is 6.30. The van der Waals surface area contributed by atoms with E-state index in [1.165, 1.54) is 0 Å². The van der Waals surface area contributed by atoms with E-state index in [0.717, 1.165) is 46.5 Å². The molecule has 0 spiro atoms. The van der Waals surface area contributed by atoms with E-state index in [1.807, 2.05) is 54.6 Å². The van der Waals surface area contributed by atoms with Gasteiger partial charge in [0.2, 0.25) is 0 Å². The van der Waals surface area contributed by atoms with Crippen molar-refractivity contribution < 1.29 is 9.59 Å². The lowest BCUT2D eigenvalue weighted by atomic mass is 9.71. The van der Waals surface area contributed by atoms with Crippen LogP contribution < -0.4 is 0 Å². The standard InChI is InChI=1S/C22H17NO2/c24-17-12-6-11-16-19(17)18(13-7-2-1-3-8-13)20-21(23-16)14-9-4-5-10-15(14)22(20)25/h1-5,7-10,18,20H,6,11-12H2/t18-,20-/m0/s1. The molecule has 3 heteroatoms. The number of allylic oxidation sites excluding steroid dienone is 2. The summed E-state index contributed by atoms with van der Waals surface area (Å²) in [5.41, 5.74) is 5.21. The molecule has 1 aliphatic heterocycles. The van der Waals surface area contributed by atoms with Gasteiger partial charge in [0.1, 0.15) is 0 Å². The van der Waals surface area contributed by atoms with Crippen LogP contribution in [0.1, 0.15) is 46.7 Å². The second kappa shape index (κ2) is 5.35. The van der Waals surface area contributed by atoms with Gasteiger partial charge in [0, 0.05) is 34.7 Å². The Balaban J connectivity index is 1.78. The lowest BCUT2D eigenvalue weighted by Crippen LogP contribution is -2.33. The highest BCUT2D eigenvalue weighted by Gasteiger charge is 2.48. The number of aliphatic imine (C=N–C) groups is 1. The molecular weight excluding hydrogens is 310 g/mol. The highest BCUT2D eigenvalue weighted by Crippen LogP contribution is 2.48. The van der Waals surface area contributed by atoms with Crippen LogP contribution in [0.2, 0.25) is 0 Å². The van der Waals surface area contributed by atoms with Crippen LogP contribution in [0.15, 0.2) is 70.9 Å². The van der Waals surface area contributed by atoms with Gasteiger partial charge < -0.3 is 0 Å². The average Bonchev–Trinajstić information content (AvgIpc) is 2.94. The Kier molecular flexibility index (Phi) is 3.11. The van der Waals surface area contributed by atoms with Crippen LogP contribution in [0, 0.1) is 5.92 Å². The fourth-order valence-electron chi connectivity index (χ4n) is 4.47. The zero-order valence-corrected chi connectivity index (χ0v) is 13.7. The van der Waals surface area contributed by atoms with Crippen molar-refractivity contribution >= 4 is 17.3 Å². The van der Waals surface area contributed by atoms with E-state index in [1.54, 1.807) is 0 Å². The minimum absolute atomic E-state index is 0.0909. The zero-order valence-electron chi connectivity index (χ0n) is 13.7. The Morgan fingerprint density at radius 1 is 0.800 bits per heavy atom. The fraction of sp³-hybridized carbons (Fsp3) is 0.227. The molecule has 5 rings (SSSR count). The number of benzene rings is 2. The molecular formula is C22H17NO2. The van der Waals surface area contributed by atoms with E-state index < -0.39 is 0 Å². The quantitative estimate of drug-likeness (QED) is 0.792. The van der Waals surface area contributed by atoms with Gasteiger partial charge in [-0.05, 0) is 18.4 Å². The van der Waals surface area contributed by atoms with Crippen molar-refractivity contribution in [2.75, 3.05) is 0 Å². The second-order valence-electron chi connectivity index (χ2n) is 6.91. The average molecular weight is 327 g/mol. The summed E-state index contributed by atoms with van der Waals surface area (Å²) < 4.78 is 0. The topological polar surface area (TPSA) is 46.5 Å². The molecule has 0 unspecified atom stereocenters. The Labute approximate surface area is 146 Å². The van der Waals surface area contributed by atoms with E-state index in [2.05, 4.69) is 0 Å². The van der Waals surface area contributed by atoms with Gasteiger partial charge in [-0.2, -0.15) is 0 Å². The SMILES string of the molecule is O=C1CCCC2=C1[C@H](c1ccccc1)[C@@H]1C(=O)c3ccccc3C1=N2. The van der Waals surface area contributed by atoms with Crippen molar-refractivity contribution in [3.05, 3.63) is 82.6 Å². The van der Waals surface area contributed by atoms with Crippen molar-refractivity contribution in [3.63, 3.8) is 0 Å². The minimum Gasteiger partial charge on any atom is -0.294 e. The summed E-state index contributed by atoms with van der Waals surface area (Å²) >= 11 is 0. The van der Waals surface area contributed by atoms with Crippen molar-refractivity contribution in [2.24, 2.45) is 10.9 Å². The van der Waals surface area contributed by atoms with Gasteiger partial charge in [-0.25, -0.2) is 0 Å². The van der Waals surface area contributed by atoms with Gasteiger partial charge in [-0.3, -0.25) is 14.6 Å². The Morgan fingerprint density at radius 3 is 2.32 bits per heavy atom. The molecule has 0 saturated heterocycles. The minimum atomic E-state index is -0.374. The van der Waals surface area contributed by atoms with Gasteiger partial charge >= 0.3 is 0 Å². The maximum absolute atomic E-state index is 13.2. The third-order valence-electron chi connectivity index (χ3n) is 5.53. The van der Waals surface area contributed by atoms with E-state index in [0.29, 0.717) is 6.42 Å². The number of nitrogens with zero attached hydrogens (tertiary/aromatic N) is 1. The van der Waals surface area contributed by atoms with Crippen LogP contribution >= 0.6 is 0 Å². The number of rotatable bonds is 1. The Hall–Kier alpha value is -2.81. The number of carbonyl (C=O) groups excluding carboxylic acids is 2. The summed E-state index contributed by atoms with van der Waals surface area (Å²) in [6, 6.07) is 17.7. The zero-order chi connectivity index (χ0) is 17.0. The van der Waals surface area contributed by atoms with Crippen LogP contribution in [0.3, 0.4) is 0 Å². The van der Waals surface area contributed by atoms with E-state index >= 15 is 0 Å². The molecule has 0 saturated carbocycles. The van der Waals surface area contributed by atoms with Crippen molar-refractivity contribution in [1.29, 1.82) is 0 Å². The molecule has 3 nitrogen and oxygen atoms in total. The molecule has 0 N–H and O–H groups in total. The van der Waals surface area contributed by atoms with Gasteiger partial charge in [0.15, 0.2) is 11.6 Å². The summed E-state index contributed by atoms with van der Waals surface area (Å²) in [4.78, 5) is 30.8. The predicted octanol–water partition coefficient (Wildman–Crippen LogP) is 4.09. The smallest absolute Gasteiger partial charge is 0.173 e. The number of ketones is 2. The number of hydrogen-bond acceptors (Lipinski definition) is 3. The molecule has 2 aromatic carbocycles. The van der Waals surface area contributed by atoms with E-state index in [-0.39, 0.29) is 23.4 Å². The molecule has 122 valence electrons. The lowest BCUT2D eigenvalue weighted by Gasteiger charge is -2.33. The third kappa shape index (κ3) is 2.02. The van der Waals surface area contributed by atoms with E-state index in [4.69, 9.17) is 4.99 Å². The summed E-state index contributed by atoms with van der Waals surface area (Å²) in [6.07, 6.45) is 2.22. The first-order chi connectivity index (χ1) is 12.3. The molecule has 25 heavy (non-hydrogen) atoms. The largest absolute Gasteiger partial charge is 0.294 e. The molecule has 2 aromatic rings. The molecule has 0 fully saturated rings. The molecule has 3 aliphatic rings. The molecule has 0 radical (unpaired) electrons. The van der Waals surface area contributed by atoms with Crippen molar-refractivity contribution in [3.8, 4) is 0 Å². The van der Waals surface area contributed by atoms with Crippen LogP contribution in [-0.4, -0.2) is 17.3 Å². The predicted molar refractivity (Wildman–Crippen MR) is 95.9 cm³/mol. The molecule has 1 heterocycles. The number of hydrogen-bond donors (Lipinski definition) is 0. The first-order valence-electron chi connectivity index (χ1n) is 8.79. The van der Waals surface area contributed by atoms with E-state index in [9.17, 15) is 9.59 Å². The van der Waals surface area contributed by atoms with Gasteiger partial charge in [-0.15, -0.1) is 0 Å². The molecule has 0 bridgehead atoms. The number of Topliss-reactive ketones (excluding diaryl/α,β-unsaturated/α-hetero) is 2. The van der Waals surface area contributed by atoms with Crippen LogP contribution in [0.5, 0.6) is 0 Å². The van der Waals surface area contributed by atoms with Gasteiger partial charge in [0.25, 0.3) is 0 Å². The second-order valence-corrected chi connectivity index (χ2v) is 6.91. The van der Waals surface area contributed by atoms with Crippen LogP contribution in [0.25, 0.3) is 0 Å².